The van der Waals surface area contributed by atoms with Gasteiger partial charge in [0.1, 0.15) is 0 Å². The predicted molar refractivity (Wildman–Crippen MR) is 81.9 cm³/mol. The molecule has 21 heavy (non-hydrogen) atoms. The summed E-state index contributed by atoms with van der Waals surface area (Å²) in [6.45, 7) is 4.45. The second kappa shape index (κ2) is 5.44. The number of nitrogens with zero attached hydrogens (tertiary/aromatic N) is 1. The van der Waals surface area contributed by atoms with Crippen LogP contribution in [0, 0.1) is 13.8 Å². The summed E-state index contributed by atoms with van der Waals surface area (Å²) in [5.74, 6) is 0.0171. The van der Waals surface area contributed by atoms with Crippen LogP contribution in [0.4, 0.5) is 0 Å². The number of hydrogen-bond donors (Lipinski definition) is 3. The fraction of sp³-hybridized carbons (Fsp3) is 0.250. The van der Waals surface area contributed by atoms with Gasteiger partial charge in [-0.05, 0) is 25.5 Å². The lowest BCUT2D eigenvalue weighted by Gasteiger charge is -2.05. The highest BCUT2D eigenvalue weighted by atomic mass is 16.1. The standard InChI is InChI=1S/C16H18N4O/c1-10-12(9-18-20-10)8-17-16(21)7-14-11(2)19-15-6-4-3-5-13(14)15/h3-6,9,19H,7-8H2,1-2H3,(H,17,21)(H,18,20). The number of amides is 1. The molecule has 0 saturated heterocycles. The Morgan fingerprint density at radius 2 is 2.05 bits per heavy atom. The van der Waals surface area contributed by atoms with Gasteiger partial charge < -0.3 is 10.3 Å². The largest absolute Gasteiger partial charge is 0.358 e. The molecule has 1 amide bonds. The van der Waals surface area contributed by atoms with Crippen LogP contribution in [0.5, 0.6) is 0 Å². The highest BCUT2D eigenvalue weighted by molar-refractivity contribution is 5.90. The molecule has 3 rings (SSSR count). The molecule has 0 unspecified atom stereocenters. The Morgan fingerprint density at radius 1 is 1.24 bits per heavy atom. The lowest BCUT2D eigenvalue weighted by atomic mass is 10.1. The van der Waals surface area contributed by atoms with E-state index in [2.05, 4.69) is 20.5 Å². The Morgan fingerprint density at radius 3 is 2.81 bits per heavy atom. The number of benzene rings is 1. The third-order valence-electron chi connectivity index (χ3n) is 3.77. The summed E-state index contributed by atoms with van der Waals surface area (Å²) in [5.41, 5.74) is 5.18. The molecule has 0 atom stereocenters. The highest BCUT2D eigenvalue weighted by Crippen LogP contribution is 2.22. The number of hydrogen-bond acceptors (Lipinski definition) is 2. The molecule has 5 nitrogen and oxygen atoms in total. The molecule has 108 valence electrons. The molecule has 0 radical (unpaired) electrons. The highest BCUT2D eigenvalue weighted by Gasteiger charge is 2.12. The minimum atomic E-state index is 0.0171. The summed E-state index contributed by atoms with van der Waals surface area (Å²) in [5, 5.41) is 10.9. The maximum atomic E-state index is 12.2. The maximum Gasteiger partial charge on any atom is 0.224 e. The van der Waals surface area contributed by atoms with E-state index in [1.165, 1.54) is 0 Å². The molecular formula is C16H18N4O. The Kier molecular flexibility index (Phi) is 3.48. The summed E-state index contributed by atoms with van der Waals surface area (Å²) in [7, 11) is 0. The van der Waals surface area contributed by atoms with Crippen molar-refractivity contribution in [2.75, 3.05) is 0 Å². The van der Waals surface area contributed by atoms with Gasteiger partial charge in [-0.3, -0.25) is 9.89 Å². The van der Waals surface area contributed by atoms with Crippen molar-refractivity contribution in [2.24, 2.45) is 0 Å². The number of para-hydroxylation sites is 1. The predicted octanol–water partition coefficient (Wildman–Crippen LogP) is 2.37. The van der Waals surface area contributed by atoms with Crippen LogP contribution >= 0.6 is 0 Å². The fourth-order valence-corrected chi connectivity index (χ4v) is 2.53. The SMILES string of the molecule is Cc1[nH]ncc1CNC(=O)Cc1c(C)[nH]c2ccccc12. The van der Waals surface area contributed by atoms with Crippen LogP contribution < -0.4 is 5.32 Å². The quantitative estimate of drug-likeness (QED) is 0.687. The van der Waals surface area contributed by atoms with Crippen LogP contribution in [0.1, 0.15) is 22.5 Å². The minimum Gasteiger partial charge on any atom is -0.358 e. The number of aryl methyl sites for hydroxylation is 2. The van der Waals surface area contributed by atoms with E-state index >= 15 is 0 Å². The van der Waals surface area contributed by atoms with Gasteiger partial charge in [-0.2, -0.15) is 5.10 Å². The van der Waals surface area contributed by atoms with Crippen LogP contribution in [0.25, 0.3) is 10.9 Å². The van der Waals surface area contributed by atoms with Gasteiger partial charge in [0.25, 0.3) is 0 Å². The molecule has 0 aliphatic rings. The van der Waals surface area contributed by atoms with E-state index in [0.717, 1.165) is 33.4 Å². The van der Waals surface area contributed by atoms with E-state index in [-0.39, 0.29) is 5.91 Å². The van der Waals surface area contributed by atoms with Crippen molar-refractivity contribution >= 4 is 16.8 Å². The van der Waals surface area contributed by atoms with E-state index in [9.17, 15) is 4.79 Å². The normalized spacial score (nSPS) is 11.0. The van der Waals surface area contributed by atoms with Gasteiger partial charge >= 0.3 is 0 Å². The fourth-order valence-electron chi connectivity index (χ4n) is 2.53. The number of fused-ring (bicyclic) bond motifs is 1. The molecule has 0 spiro atoms. The average molecular weight is 282 g/mol. The van der Waals surface area contributed by atoms with Crippen molar-refractivity contribution in [3.63, 3.8) is 0 Å². The monoisotopic (exact) mass is 282 g/mol. The first-order chi connectivity index (χ1) is 10.1. The topological polar surface area (TPSA) is 73.6 Å². The lowest BCUT2D eigenvalue weighted by molar-refractivity contribution is -0.120. The minimum absolute atomic E-state index is 0.0171. The third kappa shape index (κ3) is 2.67. The second-order valence-electron chi connectivity index (χ2n) is 5.25. The van der Waals surface area contributed by atoms with Gasteiger partial charge in [0, 0.05) is 34.4 Å². The first-order valence-electron chi connectivity index (χ1n) is 6.97. The van der Waals surface area contributed by atoms with Crippen molar-refractivity contribution in [3.8, 4) is 0 Å². The van der Waals surface area contributed by atoms with Crippen molar-refractivity contribution in [1.29, 1.82) is 0 Å². The van der Waals surface area contributed by atoms with E-state index in [0.29, 0.717) is 13.0 Å². The van der Waals surface area contributed by atoms with E-state index in [4.69, 9.17) is 0 Å². The zero-order chi connectivity index (χ0) is 14.8. The maximum absolute atomic E-state index is 12.2. The summed E-state index contributed by atoms with van der Waals surface area (Å²) in [4.78, 5) is 15.5. The first-order valence-corrected chi connectivity index (χ1v) is 6.97. The van der Waals surface area contributed by atoms with Gasteiger partial charge in [-0.1, -0.05) is 18.2 Å². The zero-order valence-corrected chi connectivity index (χ0v) is 12.2. The molecule has 0 aliphatic heterocycles. The molecule has 3 N–H and O–H groups in total. The Labute approximate surface area is 122 Å². The number of carbonyl (C=O) groups is 1. The van der Waals surface area contributed by atoms with Crippen molar-refractivity contribution in [2.45, 2.75) is 26.8 Å². The van der Waals surface area contributed by atoms with Crippen LogP contribution in [-0.2, 0) is 17.8 Å². The average Bonchev–Trinajstić information content (AvgIpc) is 3.01. The number of rotatable bonds is 4. The molecule has 0 bridgehead atoms. The van der Waals surface area contributed by atoms with E-state index in [1.54, 1.807) is 6.20 Å². The second-order valence-corrected chi connectivity index (χ2v) is 5.25. The summed E-state index contributed by atoms with van der Waals surface area (Å²) < 4.78 is 0. The molecule has 0 saturated carbocycles. The summed E-state index contributed by atoms with van der Waals surface area (Å²) in [6.07, 6.45) is 2.12. The molecular weight excluding hydrogens is 264 g/mol. The van der Waals surface area contributed by atoms with Gasteiger partial charge in [-0.15, -0.1) is 0 Å². The van der Waals surface area contributed by atoms with Gasteiger partial charge in [0.2, 0.25) is 5.91 Å². The Bertz CT molecular complexity index is 785. The molecule has 5 heteroatoms. The van der Waals surface area contributed by atoms with Crippen LogP contribution in [0.15, 0.2) is 30.5 Å². The van der Waals surface area contributed by atoms with E-state index in [1.807, 2.05) is 38.1 Å². The summed E-state index contributed by atoms with van der Waals surface area (Å²) >= 11 is 0. The van der Waals surface area contributed by atoms with Crippen molar-refractivity contribution < 1.29 is 4.79 Å². The van der Waals surface area contributed by atoms with E-state index < -0.39 is 0 Å². The Balaban J connectivity index is 1.72. The van der Waals surface area contributed by atoms with Gasteiger partial charge in [-0.25, -0.2) is 0 Å². The van der Waals surface area contributed by atoms with Crippen molar-refractivity contribution in [1.82, 2.24) is 20.5 Å². The number of aromatic amines is 2. The van der Waals surface area contributed by atoms with Crippen LogP contribution in [0.3, 0.4) is 0 Å². The number of nitrogens with one attached hydrogen (secondary N) is 3. The van der Waals surface area contributed by atoms with Gasteiger partial charge in [0.15, 0.2) is 0 Å². The molecule has 3 aromatic rings. The number of H-pyrrole nitrogens is 2. The molecule has 0 fully saturated rings. The smallest absolute Gasteiger partial charge is 0.224 e. The molecule has 1 aromatic carbocycles. The molecule has 0 aliphatic carbocycles. The third-order valence-corrected chi connectivity index (χ3v) is 3.77. The Hall–Kier alpha value is -2.56. The zero-order valence-electron chi connectivity index (χ0n) is 12.2. The summed E-state index contributed by atoms with van der Waals surface area (Å²) in [6, 6.07) is 8.05. The first kappa shape index (κ1) is 13.4. The van der Waals surface area contributed by atoms with Crippen LogP contribution in [-0.4, -0.2) is 21.1 Å². The lowest BCUT2D eigenvalue weighted by Crippen LogP contribution is -2.24. The van der Waals surface area contributed by atoms with Gasteiger partial charge in [0.05, 0.1) is 12.6 Å². The number of carbonyl (C=O) groups excluding carboxylic acids is 1. The van der Waals surface area contributed by atoms with Crippen LogP contribution in [0.2, 0.25) is 0 Å². The molecule has 2 heterocycles. The molecule has 2 aromatic heterocycles. The number of aromatic nitrogens is 3. The van der Waals surface area contributed by atoms with Crippen molar-refractivity contribution in [3.05, 3.63) is 53.0 Å².